The zero-order valence-corrected chi connectivity index (χ0v) is 10.5. The maximum atomic E-state index is 5.99. The second-order valence-electron chi connectivity index (χ2n) is 4.74. The van der Waals surface area contributed by atoms with Crippen molar-refractivity contribution in [1.82, 2.24) is 15.1 Å². The summed E-state index contributed by atoms with van der Waals surface area (Å²) >= 11 is 0. The highest BCUT2D eigenvalue weighted by Crippen LogP contribution is 2.17. The highest BCUT2D eigenvalue weighted by molar-refractivity contribution is 5.34. The second-order valence-corrected chi connectivity index (χ2v) is 4.74. The Kier molecular flexibility index (Phi) is 4.39. The number of nitrogens with zero attached hydrogens (tertiary/aromatic N) is 2. The molecule has 1 aromatic heterocycles. The van der Waals surface area contributed by atoms with Crippen LogP contribution < -0.4 is 16.4 Å². The minimum absolute atomic E-state index is 0.314. The maximum absolute atomic E-state index is 5.99. The van der Waals surface area contributed by atoms with Gasteiger partial charge in [-0.1, -0.05) is 13.3 Å². The van der Waals surface area contributed by atoms with Crippen LogP contribution in [0.4, 0.5) is 5.82 Å². The first kappa shape index (κ1) is 12.4. The molecule has 96 valence electrons. The van der Waals surface area contributed by atoms with E-state index in [1.54, 1.807) is 0 Å². The predicted molar refractivity (Wildman–Crippen MR) is 70.1 cm³/mol. The van der Waals surface area contributed by atoms with Crippen molar-refractivity contribution in [2.24, 2.45) is 5.73 Å². The zero-order valence-electron chi connectivity index (χ0n) is 10.5. The first-order chi connectivity index (χ1) is 8.31. The van der Waals surface area contributed by atoms with Crippen molar-refractivity contribution in [3.63, 3.8) is 0 Å². The van der Waals surface area contributed by atoms with Crippen LogP contribution in [0.5, 0.6) is 0 Å². The minimum Gasteiger partial charge on any atom is -0.370 e. The van der Waals surface area contributed by atoms with E-state index in [4.69, 9.17) is 5.73 Å². The molecule has 0 aliphatic carbocycles. The summed E-state index contributed by atoms with van der Waals surface area (Å²) in [4.78, 5) is 0. The third-order valence-corrected chi connectivity index (χ3v) is 3.26. The Bertz CT molecular complexity index is 331. The Hall–Kier alpha value is -1.07. The van der Waals surface area contributed by atoms with Crippen LogP contribution in [-0.2, 0) is 0 Å². The molecule has 5 nitrogen and oxygen atoms in total. The normalized spacial score (nSPS) is 17.8. The quantitative estimate of drug-likeness (QED) is 0.660. The smallest absolute Gasteiger partial charge is 0.124 e. The second kappa shape index (κ2) is 6.02. The first-order valence-corrected chi connectivity index (χ1v) is 6.55. The van der Waals surface area contributed by atoms with E-state index < -0.39 is 0 Å². The molecule has 1 fully saturated rings. The molecule has 1 saturated heterocycles. The van der Waals surface area contributed by atoms with E-state index in [1.165, 1.54) is 0 Å². The van der Waals surface area contributed by atoms with Gasteiger partial charge in [-0.05, 0) is 12.8 Å². The van der Waals surface area contributed by atoms with E-state index in [0.29, 0.717) is 12.1 Å². The standard InChI is InChI=1S/C12H23N5/c1-2-3-10(13)4-6-15-12-5-7-16-17(12)11-8-14-9-11/h5,7,10-11,14-15H,2-4,6,8-9,13H2,1H3. The Morgan fingerprint density at radius 3 is 3.06 bits per heavy atom. The van der Waals surface area contributed by atoms with Gasteiger partial charge in [0.15, 0.2) is 0 Å². The molecule has 1 aliphatic heterocycles. The molecule has 0 amide bonds. The van der Waals surface area contributed by atoms with Crippen molar-refractivity contribution in [2.45, 2.75) is 38.3 Å². The molecule has 1 aromatic rings. The summed E-state index contributed by atoms with van der Waals surface area (Å²) in [6.07, 6.45) is 5.13. The fourth-order valence-corrected chi connectivity index (χ4v) is 2.09. The number of anilines is 1. The number of aromatic nitrogens is 2. The Balaban J connectivity index is 1.76. The third-order valence-electron chi connectivity index (χ3n) is 3.26. The molecule has 0 aromatic carbocycles. The fraction of sp³-hybridized carbons (Fsp3) is 0.750. The fourth-order valence-electron chi connectivity index (χ4n) is 2.09. The molecule has 2 heterocycles. The SMILES string of the molecule is CCCC(N)CCNc1ccnn1C1CNC1. The van der Waals surface area contributed by atoms with Crippen LogP contribution in [0.25, 0.3) is 0 Å². The van der Waals surface area contributed by atoms with E-state index in [2.05, 4.69) is 27.3 Å². The molecule has 1 atom stereocenters. The van der Waals surface area contributed by atoms with Crippen LogP contribution in [0.1, 0.15) is 32.2 Å². The van der Waals surface area contributed by atoms with Gasteiger partial charge >= 0.3 is 0 Å². The van der Waals surface area contributed by atoms with Crippen molar-refractivity contribution < 1.29 is 0 Å². The van der Waals surface area contributed by atoms with Gasteiger partial charge in [-0.2, -0.15) is 5.10 Å². The average Bonchev–Trinajstić information content (AvgIpc) is 2.64. The third kappa shape index (κ3) is 3.20. The molecule has 0 spiro atoms. The summed E-state index contributed by atoms with van der Waals surface area (Å²) in [6, 6.07) is 2.86. The van der Waals surface area contributed by atoms with Crippen LogP contribution in [0, 0.1) is 0 Å². The van der Waals surface area contributed by atoms with Gasteiger partial charge in [0, 0.05) is 31.7 Å². The minimum atomic E-state index is 0.314. The van der Waals surface area contributed by atoms with Crippen LogP contribution in [0.3, 0.4) is 0 Å². The van der Waals surface area contributed by atoms with Gasteiger partial charge in [0.1, 0.15) is 5.82 Å². The van der Waals surface area contributed by atoms with Gasteiger partial charge in [-0.15, -0.1) is 0 Å². The molecule has 1 unspecified atom stereocenters. The van der Waals surface area contributed by atoms with E-state index in [0.717, 1.165) is 44.7 Å². The predicted octanol–water partition coefficient (Wildman–Crippen LogP) is 0.957. The molecule has 0 saturated carbocycles. The van der Waals surface area contributed by atoms with Gasteiger partial charge in [0.05, 0.1) is 12.2 Å². The number of rotatable bonds is 7. The molecule has 0 radical (unpaired) electrons. The first-order valence-electron chi connectivity index (χ1n) is 6.55. The van der Waals surface area contributed by atoms with E-state index >= 15 is 0 Å². The number of nitrogens with two attached hydrogens (primary N) is 1. The summed E-state index contributed by atoms with van der Waals surface area (Å²) in [5.41, 5.74) is 5.99. The lowest BCUT2D eigenvalue weighted by molar-refractivity contribution is 0.321. The summed E-state index contributed by atoms with van der Waals surface area (Å²) in [5.74, 6) is 1.11. The number of nitrogens with one attached hydrogen (secondary N) is 2. The van der Waals surface area contributed by atoms with E-state index in [1.807, 2.05) is 12.3 Å². The van der Waals surface area contributed by atoms with Crippen LogP contribution in [0.15, 0.2) is 12.3 Å². The van der Waals surface area contributed by atoms with Crippen molar-refractivity contribution in [3.8, 4) is 0 Å². The lowest BCUT2D eigenvalue weighted by Crippen LogP contribution is -2.44. The van der Waals surface area contributed by atoms with E-state index in [9.17, 15) is 0 Å². The monoisotopic (exact) mass is 237 g/mol. The lowest BCUT2D eigenvalue weighted by Gasteiger charge is -2.29. The summed E-state index contributed by atoms with van der Waals surface area (Å²) in [6.45, 7) is 5.14. The van der Waals surface area contributed by atoms with Crippen LogP contribution in [0.2, 0.25) is 0 Å². The van der Waals surface area contributed by atoms with Crippen molar-refractivity contribution in [3.05, 3.63) is 12.3 Å². The Morgan fingerprint density at radius 1 is 1.59 bits per heavy atom. The molecule has 1 aliphatic rings. The van der Waals surface area contributed by atoms with Crippen LogP contribution >= 0.6 is 0 Å². The molecular weight excluding hydrogens is 214 g/mol. The average molecular weight is 237 g/mol. The van der Waals surface area contributed by atoms with Gasteiger partial charge in [0.25, 0.3) is 0 Å². The molecule has 17 heavy (non-hydrogen) atoms. The highest BCUT2D eigenvalue weighted by Gasteiger charge is 2.21. The number of hydrogen-bond acceptors (Lipinski definition) is 4. The molecular formula is C12H23N5. The van der Waals surface area contributed by atoms with Gasteiger partial charge < -0.3 is 16.4 Å². The summed E-state index contributed by atoms with van der Waals surface area (Å²) < 4.78 is 2.07. The zero-order chi connectivity index (χ0) is 12.1. The van der Waals surface area contributed by atoms with Gasteiger partial charge in [-0.25, -0.2) is 4.68 Å². The van der Waals surface area contributed by atoms with E-state index in [-0.39, 0.29) is 0 Å². The van der Waals surface area contributed by atoms with Crippen LogP contribution in [-0.4, -0.2) is 35.5 Å². The molecule has 2 rings (SSSR count). The van der Waals surface area contributed by atoms with Gasteiger partial charge in [-0.3, -0.25) is 0 Å². The summed E-state index contributed by atoms with van der Waals surface area (Å²) in [7, 11) is 0. The Morgan fingerprint density at radius 2 is 2.41 bits per heavy atom. The lowest BCUT2D eigenvalue weighted by atomic mass is 10.1. The number of hydrogen-bond donors (Lipinski definition) is 3. The molecule has 0 bridgehead atoms. The van der Waals surface area contributed by atoms with Crippen molar-refractivity contribution in [2.75, 3.05) is 25.0 Å². The largest absolute Gasteiger partial charge is 0.370 e. The highest BCUT2D eigenvalue weighted by atomic mass is 15.4. The molecule has 4 N–H and O–H groups in total. The van der Waals surface area contributed by atoms with Gasteiger partial charge in [0.2, 0.25) is 0 Å². The topological polar surface area (TPSA) is 67.9 Å². The van der Waals surface area contributed by atoms with Crippen molar-refractivity contribution >= 4 is 5.82 Å². The maximum Gasteiger partial charge on any atom is 0.124 e. The van der Waals surface area contributed by atoms with Crippen molar-refractivity contribution in [1.29, 1.82) is 0 Å². The summed E-state index contributed by atoms with van der Waals surface area (Å²) in [5, 5.41) is 11.0. The Labute approximate surface area is 103 Å². The molecule has 5 heteroatoms.